The zero-order valence-corrected chi connectivity index (χ0v) is 14.4. The number of nitrogens with one attached hydrogen (secondary N) is 1. The van der Waals surface area contributed by atoms with Crippen molar-refractivity contribution < 1.29 is 4.79 Å². The van der Waals surface area contributed by atoms with E-state index >= 15 is 0 Å². The first kappa shape index (κ1) is 17.3. The summed E-state index contributed by atoms with van der Waals surface area (Å²) in [5.74, 6) is 0.894. The molecule has 0 saturated carbocycles. The summed E-state index contributed by atoms with van der Waals surface area (Å²) in [6, 6.07) is 8.55. The van der Waals surface area contributed by atoms with Crippen molar-refractivity contribution in [3.8, 4) is 0 Å². The molecule has 0 bridgehead atoms. The van der Waals surface area contributed by atoms with E-state index in [4.69, 9.17) is 5.73 Å². The molecule has 0 spiro atoms. The zero-order chi connectivity index (χ0) is 15.9. The first-order chi connectivity index (χ1) is 10.6. The van der Waals surface area contributed by atoms with E-state index in [1.807, 2.05) is 6.26 Å². The van der Waals surface area contributed by atoms with Gasteiger partial charge in [-0.25, -0.2) is 0 Å². The number of nitrogens with two attached hydrogens (primary N) is 1. The Hall–Kier alpha value is -1.04. The summed E-state index contributed by atoms with van der Waals surface area (Å²) >= 11 is 1.72. The average Bonchev–Trinajstić information content (AvgIpc) is 2.56. The number of fused-ring (bicyclic) bond motifs is 1. The van der Waals surface area contributed by atoms with Crippen LogP contribution in [0.2, 0.25) is 0 Å². The monoisotopic (exact) mass is 321 g/mol. The molecular weight excluding hydrogens is 294 g/mol. The highest BCUT2D eigenvalue weighted by Crippen LogP contribution is 2.19. The fraction of sp³-hybridized carbons (Fsp3) is 0.588. The van der Waals surface area contributed by atoms with Gasteiger partial charge in [-0.05, 0) is 42.9 Å². The Morgan fingerprint density at radius 2 is 2.14 bits per heavy atom. The minimum absolute atomic E-state index is 0.0293. The van der Waals surface area contributed by atoms with Gasteiger partial charge < -0.3 is 11.1 Å². The molecule has 0 radical (unpaired) electrons. The third-order valence-corrected chi connectivity index (χ3v) is 4.97. The quantitative estimate of drug-likeness (QED) is 0.801. The second kappa shape index (κ2) is 8.56. The van der Waals surface area contributed by atoms with Crippen LogP contribution >= 0.6 is 11.8 Å². The zero-order valence-electron chi connectivity index (χ0n) is 13.5. The fourth-order valence-corrected chi connectivity index (χ4v) is 3.27. The van der Waals surface area contributed by atoms with Crippen LogP contribution in [0, 0.1) is 0 Å². The van der Waals surface area contributed by atoms with Crippen LogP contribution in [0.1, 0.15) is 24.5 Å². The molecule has 4 nitrogen and oxygen atoms in total. The molecule has 22 heavy (non-hydrogen) atoms. The Morgan fingerprint density at radius 3 is 2.86 bits per heavy atom. The SMILES string of the molecule is CSCC[C@H](N)C(=O)NCC(C)N1CCc2ccccc2C1. The minimum atomic E-state index is -0.387. The minimum Gasteiger partial charge on any atom is -0.353 e. The molecule has 1 heterocycles. The number of amides is 1. The van der Waals surface area contributed by atoms with Gasteiger partial charge in [-0.3, -0.25) is 9.69 Å². The van der Waals surface area contributed by atoms with E-state index in [0.717, 1.165) is 31.7 Å². The van der Waals surface area contributed by atoms with Gasteiger partial charge in [-0.1, -0.05) is 24.3 Å². The van der Waals surface area contributed by atoms with Gasteiger partial charge in [0.2, 0.25) is 5.91 Å². The maximum atomic E-state index is 12.0. The summed E-state index contributed by atoms with van der Waals surface area (Å²) in [5, 5.41) is 3.00. The second-order valence-electron chi connectivity index (χ2n) is 5.97. The van der Waals surface area contributed by atoms with E-state index in [1.54, 1.807) is 11.8 Å². The van der Waals surface area contributed by atoms with Crippen molar-refractivity contribution in [2.75, 3.05) is 25.1 Å². The number of nitrogens with zero attached hydrogens (tertiary/aromatic N) is 1. The molecule has 0 aromatic heterocycles. The largest absolute Gasteiger partial charge is 0.353 e. The molecule has 1 aliphatic heterocycles. The van der Waals surface area contributed by atoms with Crippen molar-refractivity contribution in [2.45, 2.75) is 38.4 Å². The molecule has 0 saturated heterocycles. The Labute approximate surface area is 137 Å². The van der Waals surface area contributed by atoms with E-state index in [-0.39, 0.29) is 11.9 Å². The Balaban J connectivity index is 1.78. The van der Waals surface area contributed by atoms with Crippen LogP contribution in [-0.4, -0.2) is 48.0 Å². The van der Waals surface area contributed by atoms with E-state index in [1.165, 1.54) is 11.1 Å². The number of carbonyl (C=O) groups excluding carboxylic acids is 1. The van der Waals surface area contributed by atoms with Gasteiger partial charge in [0.25, 0.3) is 0 Å². The van der Waals surface area contributed by atoms with E-state index in [2.05, 4.69) is 41.4 Å². The lowest BCUT2D eigenvalue weighted by Crippen LogP contribution is -2.48. The third-order valence-electron chi connectivity index (χ3n) is 4.32. The van der Waals surface area contributed by atoms with Crippen molar-refractivity contribution in [1.29, 1.82) is 0 Å². The predicted octanol–water partition coefficient (Wildman–Crippen LogP) is 1.63. The summed E-state index contributed by atoms with van der Waals surface area (Å²) in [6.07, 6.45) is 3.85. The fourth-order valence-electron chi connectivity index (χ4n) is 2.78. The third kappa shape index (κ3) is 4.73. The van der Waals surface area contributed by atoms with Gasteiger partial charge in [0.1, 0.15) is 0 Å². The van der Waals surface area contributed by atoms with Crippen LogP contribution in [-0.2, 0) is 17.8 Å². The van der Waals surface area contributed by atoms with Crippen molar-refractivity contribution >= 4 is 17.7 Å². The van der Waals surface area contributed by atoms with Crippen LogP contribution in [0.3, 0.4) is 0 Å². The Morgan fingerprint density at radius 1 is 1.41 bits per heavy atom. The van der Waals surface area contributed by atoms with Crippen LogP contribution in [0.15, 0.2) is 24.3 Å². The lowest BCUT2D eigenvalue weighted by atomic mass is 9.99. The maximum Gasteiger partial charge on any atom is 0.237 e. The van der Waals surface area contributed by atoms with Crippen LogP contribution in [0.5, 0.6) is 0 Å². The van der Waals surface area contributed by atoms with Crippen molar-refractivity contribution in [3.63, 3.8) is 0 Å². The molecule has 0 fully saturated rings. The van der Waals surface area contributed by atoms with Gasteiger partial charge in [-0.15, -0.1) is 0 Å². The number of thioether (sulfide) groups is 1. The lowest BCUT2D eigenvalue weighted by Gasteiger charge is -2.34. The molecule has 122 valence electrons. The lowest BCUT2D eigenvalue weighted by molar-refractivity contribution is -0.122. The number of hydrogen-bond donors (Lipinski definition) is 2. The smallest absolute Gasteiger partial charge is 0.237 e. The molecule has 3 N–H and O–H groups in total. The number of benzene rings is 1. The summed E-state index contributed by atoms with van der Waals surface area (Å²) in [6.45, 7) is 4.84. The van der Waals surface area contributed by atoms with E-state index in [9.17, 15) is 4.79 Å². The summed E-state index contributed by atoms with van der Waals surface area (Å²) < 4.78 is 0. The molecule has 2 atom stereocenters. The summed E-state index contributed by atoms with van der Waals surface area (Å²) in [7, 11) is 0. The molecule has 0 aliphatic carbocycles. The van der Waals surface area contributed by atoms with Gasteiger partial charge in [0.15, 0.2) is 0 Å². The highest BCUT2D eigenvalue weighted by atomic mass is 32.2. The van der Waals surface area contributed by atoms with Gasteiger partial charge >= 0.3 is 0 Å². The molecule has 1 aliphatic rings. The molecule has 5 heteroatoms. The summed E-state index contributed by atoms with van der Waals surface area (Å²) in [5.41, 5.74) is 8.75. The Bertz CT molecular complexity index is 495. The number of hydrogen-bond acceptors (Lipinski definition) is 4. The van der Waals surface area contributed by atoms with Crippen molar-refractivity contribution in [1.82, 2.24) is 10.2 Å². The topological polar surface area (TPSA) is 58.4 Å². The molecule has 2 rings (SSSR count). The van der Waals surface area contributed by atoms with E-state index < -0.39 is 0 Å². The summed E-state index contributed by atoms with van der Waals surface area (Å²) in [4.78, 5) is 14.4. The van der Waals surface area contributed by atoms with Gasteiger partial charge in [0.05, 0.1) is 6.04 Å². The number of rotatable bonds is 7. The standard InChI is InChI=1S/C17H27N3OS/c1-13(11-19-17(21)16(18)8-10-22-2)20-9-7-14-5-3-4-6-15(14)12-20/h3-6,13,16H,7-12,18H2,1-2H3,(H,19,21)/t13?,16-/m0/s1. The molecule has 1 aromatic carbocycles. The highest BCUT2D eigenvalue weighted by molar-refractivity contribution is 7.98. The molecule has 1 amide bonds. The average molecular weight is 321 g/mol. The molecular formula is C17H27N3OS. The van der Waals surface area contributed by atoms with Crippen molar-refractivity contribution in [2.24, 2.45) is 5.73 Å². The van der Waals surface area contributed by atoms with Crippen LogP contribution in [0.4, 0.5) is 0 Å². The first-order valence-corrected chi connectivity index (χ1v) is 9.34. The Kier molecular flexibility index (Phi) is 6.73. The van der Waals surface area contributed by atoms with Crippen LogP contribution < -0.4 is 11.1 Å². The highest BCUT2D eigenvalue weighted by Gasteiger charge is 2.21. The molecule has 1 aromatic rings. The predicted molar refractivity (Wildman–Crippen MR) is 94.0 cm³/mol. The second-order valence-corrected chi connectivity index (χ2v) is 6.96. The van der Waals surface area contributed by atoms with Gasteiger partial charge in [-0.2, -0.15) is 11.8 Å². The maximum absolute atomic E-state index is 12.0. The van der Waals surface area contributed by atoms with Crippen LogP contribution in [0.25, 0.3) is 0 Å². The van der Waals surface area contributed by atoms with Gasteiger partial charge in [0, 0.05) is 25.7 Å². The molecule has 1 unspecified atom stereocenters. The van der Waals surface area contributed by atoms with Crippen molar-refractivity contribution in [3.05, 3.63) is 35.4 Å². The normalized spacial score (nSPS) is 17.6. The number of carbonyl (C=O) groups is 1. The van der Waals surface area contributed by atoms with E-state index in [0.29, 0.717) is 12.6 Å². The first-order valence-electron chi connectivity index (χ1n) is 7.95.